The van der Waals surface area contributed by atoms with Gasteiger partial charge in [-0.05, 0) is 36.6 Å². The fraction of sp³-hybridized carbons (Fsp3) is 0.370. The van der Waals surface area contributed by atoms with Gasteiger partial charge in [0.05, 0.1) is 28.8 Å². The number of hydrogen-bond acceptors (Lipinski definition) is 7. The van der Waals surface area contributed by atoms with Crippen molar-refractivity contribution in [1.29, 1.82) is 0 Å². The number of aromatic amines is 1. The Kier molecular flexibility index (Phi) is 7.99. The monoisotopic (exact) mass is 672 g/mol. The van der Waals surface area contributed by atoms with E-state index in [0.29, 0.717) is 29.5 Å². The number of hydrazine groups is 1. The average molecular weight is 673 g/mol. The number of piperazine rings is 1. The number of carbonyl (C=O) groups excluding carboxylic acids is 3. The molecule has 2 N–H and O–H groups in total. The minimum absolute atomic E-state index is 0.0173. The zero-order valence-electron chi connectivity index (χ0n) is 23.2. The number of fused-ring (bicyclic) bond motifs is 2. The number of nitrogens with zero attached hydrogens (tertiary/aromatic N) is 5. The highest BCUT2D eigenvalue weighted by atomic mass is 35.5. The number of amides is 2. The molecule has 3 aromatic rings. The highest BCUT2D eigenvalue weighted by Crippen LogP contribution is 2.28. The third-order valence-corrected chi connectivity index (χ3v) is 8.62. The summed E-state index contributed by atoms with van der Waals surface area (Å²) in [6.07, 6.45) is -3.48. The van der Waals surface area contributed by atoms with Crippen molar-refractivity contribution in [3.63, 3.8) is 0 Å². The lowest BCUT2D eigenvalue weighted by molar-refractivity contribution is -0.602. The summed E-state index contributed by atoms with van der Waals surface area (Å²) in [6, 6.07) is 5.27. The molecule has 0 radical (unpaired) electrons. The van der Waals surface area contributed by atoms with E-state index in [4.69, 9.17) is 23.2 Å². The lowest BCUT2D eigenvalue weighted by atomic mass is 10.0. The molecular formula is C27H24Cl2F4N7O5+. The van der Waals surface area contributed by atoms with E-state index < -0.39 is 41.5 Å². The summed E-state index contributed by atoms with van der Waals surface area (Å²) >= 11 is 12.4. The van der Waals surface area contributed by atoms with E-state index in [-0.39, 0.29) is 53.1 Å². The molecule has 3 aliphatic heterocycles. The highest BCUT2D eigenvalue weighted by Gasteiger charge is 2.53. The number of hydrogen-bond donors (Lipinski definition) is 2. The second-order valence-corrected chi connectivity index (χ2v) is 11.5. The number of amidine groups is 1. The summed E-state index contributed by atoms with van der Waals surface area (Å²) in [5.41, 5.74) is 2.88. The maximum Gasteiger partial charge on any atom is 0.492 e. The summed E-state index contributed by atoms with van der Waals surface area (Å²) in [5.74, 6) is -4.71. The number of carbonyl (C=O) groups is 3. The largest absolute Gasteiger partial charge is 0.492 e. The van der Waals surface area contributed by atoms with E-state index in [0.717, 1.165) is 18.9 Å². The first-order valence-corrected chi connectivity index (χ1v) is 14.5. The number of rotatable bonds is 5. The Hall–Kier alpha value is -4.15. The van der Waals surface area contributed by atoms with Gasteiger partial charge in [0.1, 0.15) is 23.0 Å². The summed E-state index contributed by atoms with van der Waals surface area (Å²) in [6.45, 7) is 0.534. The van der Waals surface area contributed by atoms with Crippen LogP contribution in [0.3, 0.4) is 0 Å². The molecule has 238 valence electrons. The van der Waals surface area contributed by atoms with Crippen LogP contribution in [-0.4, -0.2) is 97.6 Å². The van der Waals surface area contributed by atoms with E-state index in [1.165, 1.54) is 43.2 Å². The van der Waals surface area contributed by atoms with Gasteiger partial charge in [0.15, 0.2) is 0 Å². The molecular weight excluding hydrogens is 649 g/mol. The molecule has 0 aliphatic carbocycles. The second kappa shape index (κ2) is 11.7. The molecule has 6 rings (SSSR count). The number of hydroxylamine groups is 1. The molecule has 5 heterocycles. The first kappa shape index (κ1) is 30.9. The van der Waals surface area contributed by atoms with Crippen LogP contribution in [0.4, 0.5) is 17.6 Å². The molecule has 18 heteroatoms. The van der Waals surface area contributed by atoms with Gasteiger partial charge in [0, 0.05) is 31.4 Å². The zero-order chi connectivity index (χ0) is 32.2. The first-order valence-electron chi connectivity index (χ1n) is 13.8. The van der Waals surface area contributed by atoms with Gasteiger partial charge in [0.2, 0.25) is 6.17 Å². The Balaban J connectivity index is 1.26. The van der Waals surface area contributed by atoms with Crippen LogP contribution in [-0.2, 0) is 20.8 Å². The number of benzene rings is 1. The van der Waals surface area contributed by atoms with Crippen LogP contribution in [0.15, 0.2) is 35.3 Å². The van der Waals surface area contributed by atoms with Gasteiger partial charge in [0.25, 0.3) is 11.5 Å². The van der Waals surface area contributed by atoms with Crippen molar-refractivity contribution in [2.45, 2.75) is 31.6 Å². The van der Waals surface area contributed by atoms with Crippen LogP contribution in [0, 0.1) is 5.82 Å². The van der Waals surface area contributed by atoms with Crippen molar-refractivity contribution in [2.24, 2.45) is 0 Å². The molecule has 0 spiro atoms. The maximum atomic E-state index is 15.1. The molecule has 2 fully saturated rings. The third-order valence-electron chi connectivity index (χ3n) is 7.86. The number of H-pyrrole nitrogens is 1. The summed E-state index contributed by atoms with van der Waals surface area (Å²) in [4.78, 5) is 60.6. The predicted molar refractivity (Wildman–Crippen MR) is 150 cm³/mol. The van der Waals surface area contributed by atoms with E-state index in [9.17, 15) is 32.3 Å². The Morgan fingerprint density at radius 2 is 1.78 bits per heavy atom. The van der Waals surface area contributed by atoms with Gasteiger partial charge in [-0.1, -0.05) is 29.3 Å². The molecule has 1 atom stereocenters. The Morgan fingerprint density at radius 1 is 1.04 bits per heavy atom. The van der Waals surface area contributed by atoms with E-state index in [1.54, 1.807) is 0 Å². The Labute approximate surface area is 261 Å². The summed E-state index contributed by atoms with van der Waals surface area (Å²) in [5, 5.41) is 0.755. The fourth-order valence-electron chi connectivity index (χ4n) is 5.67. The van der Waals surface area contributed by atoms with Crippen molar-refractivity contribution in [2.75, 3.05) is 32.7 Å². The minimum Gasteiger partial charge on any atom is -0.332 e. The molecule has 0 bridgehead atoms. The first-order chi connectivity index (χ1) is 21.3. The standard InChI is InChI=1S/C27H23Cl2F4N7O5/c28-17-11-19-23(41)34-12-15(39(19)21(17)29)9-14-3-4-18(30)16(10-14)24(42)37-7-8-38-20(13-37)40(45-26(44)27(31,32)33)35-22(38)25(43)36-5-1-2-6-36/h3-4,10-12,20H,1-2,5-9,13H2,(H,34,41)/p+1. The highest BCUT2D eigenvalue weighted by molar-refractivity contribution is 6.42. The molecule has 1 aromatic carbocycles. The van der Waals surface area contributed by atoms with Crippen LogP contribution in [0.25, 0.3) is 5.52 Å². The van der Waals surface area contributed by atoms with Crippen molar-refractivity contribution in [1.82, 2.24) is 29.8 Å². The lowest BCUT2D eigenvalue weighted by Crippen LogP contribution is -2.56. The SMILES string of the molecule is O=C(C1=[N+]2CCN(C(=O)c3cc(Cc4c[nH]c(=O)c5cc(Cl)c(Cl)n45)ccc3F)CC2N(OC(=O)C(F)(F)F)N1)N1CCCC1. The molecule has 2 saturated heterocycles. The zero-order valence-corrected chi connectivity index (χ0v) is 24.7. The van der Waals surface area contributed by atoms with Crippen molar-refractivity contribution in [3.8, 4) is 0 Å². The maximum absolute atomic E-state index is 15.1. The van der Waals surface area contributed by atoms with Crippen LogP contribution in [0.5, 0.6) is 0 Å². The van der Waals surface area contributed by atoms with Gasteiger partial charge in [-0.25, -0.2) is 13.8 Å². The second-order valence-electron chi connectivity index (χ2n) is 10.7. The minimum atomic E-state index is -5.32. The van der Waals surface area contributed by atoms with Gasteiger partial charge < -0.3 is 19.6 Å². The number of likely N-dealkylation sites (tertiary alicyclic amines) is 1. The van der Waals surface area contributed by atoms with Crippen molar-refractivity contribution in [3.05, 3.63) is 73.6 Å². The normalized spacial score (nSPS) is 18.8. The molecule has 0 saturated carbocycles. The molecule has 2 amide bonds. The topological polar surface area (TPSA) is 122 Å². The molecule has 45 heavy (non-hydrogen) atoms. The van der Waals surface area contributed by atoms with Gasteiger partial charge >= 0.3 is 23.9 Å². The van der Waals surface area contributed by atoms with E-state index >= 15 is 4.39 Å². The van der Waals surface area contributed by atoms with Crippen LogP contribution in [0.2, 0.25) is 10.2 Å². The number of alkyl halides is 3. The van der Waals surface area contributed by atoms with Gasteiger partial charge in [-0.2, -0.15) is 18.6 Å². The van der Waals surface area contributed by atoms with E-state index in [1.807, 2.05) is 0 Å². The van der Waals surface area contributed by atoms with E-state index in [2.05, 4.69) is 15.2 Å². The smallest absolute Gasteiger partial charge is 0.332 e. The lowest BCUT2D eigenvalue weighted by Gasteiger charge is -2.32. The van der Waals surface area contributed by atoms with Crippen molar-refractivity contribution >= 4 is 52.3 Å². The fourth-order valence-corrected chi connectivity index (χ4v) is 6.11. The Morgan fingerprint density at radius 3 is 2.49 bits per heavy atom. The summed E-state index contributed by atoms with van der Waals surface area (Å²) < 4.78 is 57.1. The van der Waals surface area contributed by atoms with Crippen LogP contribution >= 0.6 is 23.2 Å². The summed E-state index contributed by atoms with van der Waals surface area (Å²) in [7, 11) is 0. The molecule has 1 unspecified atom stereocenters. The molecule has 2 aromatic heterocycles. The van der Waals surface area contributed by atoms with Gasteiger partial charge in [-0.3, -0.25) is 18.8 Å². The quantitative estimate of drug-likeness (QED) is 0.315. The molecule has 12 nitrogen and oxygen atoms in total. The molecule has 3 aliphatic rings. The third kappa shape index (κ3) is 5.73. The predicted octanol–water partition coefficient (Wildman–Crippen LogP) is 2.32. The van der Waals surface area contributed by atoms with Crippen molar-refractivity contribution < 1.29 is 41.4 Å². The number of nitrogens with one attached hydrogen (secondary N) is 2. The van der Waals surface area contributed by atoms with Crippen LogP contribution < -0.4 is 11.0 Å². The number of halogens is 6. The number of aromatic nitrogens is 2. The van der Waals surface area contributed by atoms with Crippen LogP contribution in [0.1, 0.15) is 34.5 Å². The average Bonchev–Trinajstić information content (AvgIpc) is 3.73. The Bertz CT molecular complexity index is 1820. The van der Waals surface area contributed by atoms with Gasteiger partial charge in [-0.15, -0.1) is 0 Å².